The molecule has 1 aliphatic rings. The summed E-state index contributed by atoms with van der Waals surface area (Å²) < 4.78 is 0. The topological polar surface area (TPSA) is 83.7 Å². The second-order valence-corrected chi connectivity index (χ2v) is 5.53. The van der Waals surface area contributed by atoms with Gasteiger partial charge in [0.2, 0.25) is 5.91 Å². The number of carbonyl (C=O) groups is 1. The number of aliphatic hydroxyl groups excluding tert-OH is 1. The fourth-order valence-electron chi connectivity index (χ4n) is 2.78. The molecule has 0 aliphatic carbocycles. The number of hydrogen-bond acceptors (Lipinski definition) is 4. The zero-order valence-electron chi connectivity index (χ0n) is 12.1. The lowest BCUT2D eigenvalue weighted by Gasteiger charge is -2.21. The standard InChI is InChI=1S/C15H20N2O4/c1-11(13-3-2-4-14(9-13)17(20)21)15(19)16-7-5-12(10-16)6-8-18/h2-4,9,11-12,18H,5-8,10H2,1H3. The van der Waals surface area contributed by atoms with Gasteiger partial charge in [-0.2, -0.15) is 0 Å². The van der Waals surface area contributed by atoms with Crippen LogP contribution in [0.15, 0.2) is 24.3 Å². The van der Waals surface area contributed by atoms with Gasteiger partial charge in [-0.1, -0.05) is 12.1 Å². The fraction of sp³-hybridized carbons (Fsp3) is 0.533. The van der Waals surface area contributed by atoms with Crippen LogP contribution in [0.25, 0.3) is 0 Å². The summed E-state index contributed by atoms with van der Waals surface area (Å²) in [4.78, 5) is 24.6. The van der Waals surface area contributed by atoms with Crippen LogP contribution in [0.5, 0.6) is 0 Å². The van der Waals surface area contributed by atoms with Gasteiger partial charge in [0.05, 0.1) is 10.8 Å². The van der Waals surface area contributed by atoms with Crippen molar-refractivity contribution in [3.8, 4) is 0 Å². The minimum Gasteiger partial charge on any atom is -0.396 e. The molecule has 1 aromatic carbocycles. The Kier molecular flexibility index (Phi) is 4.90. The van der Waals surface area contributed by atoms with Crippen LogP contribution in [0.1, 0.15) is 31.2 Å². The van der Waals surface area contributed by atoms with Crippen LogP contribution in [0.4, 0.5) is 5.69 Å². The molecule has 114 valence electrons. The molecule has 0 bridgehead atoms. The van der Waals surface area contributed by atoms with Crippen molar-refractivity contribution in [1.82, 2.24) is 4.90 Å². The third-order valence-corrected chi connectivity index (χ3v) is 4.09. The molecule has 21 heavy (non-hydrogen) atoms. The highest BCUT2D eigenvalue weighted by Gasteiger charge is 2.29. The van der Waals surface area contributed by atoms with Crippen LogP contribution in [0.3, 0.4) is 0 Å². The molecule has 1 aliphatic heterocycles. The van der Waals surface area contributed by atoms with E-state index >= 15 is 0 Å². The lowest BCUT2D eigenvalue weighted by Crippen LogP contribution is -2.32. The first-order chi connectivity index (χ1) is 10.0. The summed E-state index contributed by atoms with van der Waals surface area (Å²) in [6.07, 6.45) is 1.63. The molecule has 2 unspecified atom stereocenters. The van der Waals surface area contributed by atoms with Crippen molar-refractivity contribution in [2.24, 2.45) is 5.92 Å². The third kappa shape index (κ3) is 3.58. The van der Waals surface area contributed by atoms with Crippen LogP contribution in [-0.2, 0) is 4.79 Å². The zero-order chi connectivity index (χ0) is 15.4. The van der Waals surface area contributed by atoms with Gasteiger partial charge >= 0.3 is 0 Å². The number of non-ortho nitro benzene ring substituents is 1. The predicted molar refractivity (Wildman–Crippen MR) is 77.9 cm³/mol. The number of benzene rings is 1. The molecule has 2 atom stereocenters. The number of hydrogen-bond donors (Lipinski definition) is 1. The molecule has 0 spiro atoms. The van der Waals surface area contributed by atoms with Gasteiger partial charge in [-0.25, -0.2) is 0 Å². The van der Waals surface area contributed by atoms with Crippen molar-refractivity contribution in [3.05, 3.63) is 39.9 Å². The van der Waals surface area contributed by atoms with Gasteiger partial charge in [0.15, 0.2) is 0 Å². The third-order valence-electron chi connectivity index (χ3n) is 4.09. The summed E-state index contributed by atoms with van der Waals surface area (Å²) >= 11 is 0. The van der Waals surface area contributed by atoms with E-state index in [9.17, 15) is 14.9 Å². The Labute approximate surface area is 123 Å². The molecule has 6 nitrogen and oxygen atoms in total. The van der Waals surface area contributed by atoms with E-state index < -0.39 is 10.8 Å². The smallest absolute Gasteiger partial charge is 0.269 e. The number of aliphatic hydroxyl groups is 1. The minimum atomic E-state index is -0.451. The lowest BCUT2D eigenvalue weighted by atomic mass is 9.99. The maximum Gasteiger partial charge on any atom is 0.269 e. The first-order valence-corrected chi connectivity index (χ1v) is 7.17. The molecule has 1 aromatic rings. The number of nitro groups is 1. The lowest BCUT2D eigenvalue weighted by molar-refractivity contribution is -0.384. The Morgan fingerprint density at radius 3 is 3.00 bits per heavy atom. The van der Waals surface area contributed by atoms with Gasteiger partial charge in [-0.15, -0.1) is 0 Å². The largest absolute Gasteiger partial charge is 0.396 e. The summed E-state index contributed by atoms with van der Waals surface area (Å²) in [5.41, 5.74) is 0.673. The van der Waals surface area contributed by atoms with Gasteiger partial charge in [-0.05, 0) is 31.2 Å². The van der Waals surface area contributed by atoms with Crippen LogP contribution >= 0.6 is 0 Å². The van der Waals surface area contributed by atoms with Crippen LogP contribution < -0.4 is 0 Å². The van der Waals surface area contributed by atoms with Crippen molar-refractivity contribution >= 4 is 11.6 Å². The molecule has 1 amide bonds. The Bertz CT molecular complexity index is 532. The highest BCUT2D eigenvalue weighted by molar-refractivity contribution is 5.83. The molecule has 1 saturated heterocycles. The Morgan fingerprint density at radius 2 is 2.33 bits per heavy atom. The van der Waals surface area contributed by atoms with Crippen molar-refractivity contribution in [2.75, 3.05) is 19.7 Å². The van der Waals surface area contributed by atoms with Crippen molar-refractivity contribution in [3.63, 3.8) is 0 Å². The fourth-order valence-corrected chi connectivity index (χ4v) is 2.78. The summed E-state index contributed by atoms with van der Waals surface area (Å²) in [6, 6.07) is 6.24. The zero-order valence-corrected chi connectivity index (χ0v) is 12.1. The quantitative estimate of drug-likeness (QED) is 0.664. The average molecular weight is 292 g/mol. The normalized spacial score (nSPS) is 19.5. The van der Waals surface area contributed by atoms with E-state index in [0.717, 1.165) is 12.8 Å². The molecule has 2 rings (SSSR count). The summed E-state index contributed by atoms with van der Waals surface area (Å²) in [6.45, 7) is 3.29. The van der Waals surface area contributed by atoms with Gasteiger partial charge in [-0.3, -0.25) is 14.9 Å². The van der Waals surface area contributed by atoms with Crippen LogP contribution in [0.2, 0.25) is 0 Å². The predicted octanol–water partition coefficient (Wildman–Crippen LogP) is 1.93. The van der Waals surface area contributed by atoms with Crippen molar-refractivity contribution < 1.29 is 14.8 Å². The number of carbonyl (C=O) groups excluding carboxylic acids is 1. The second-order valence-electron chi connectivity index (χ2n) is 5.53. The number of nitrogens with zero attached hydrogens (tertiary/aromatic N) is 2. The van der Waals surface area contributed by atoms with E-state index in [0.29, 0.717) is 24.6 Å². The maximum atomic E-state index is 12.5. The Morgan fingerprint density at radius 1 is 1.57 bits per heavy atom. The molecule has 1 fully saturated rings. The highest BCUT2D eigenvalue weighted by atomic mass is 16.6. The van der Waals surface area contributed by atoms with E-state index in [1.54, 1.807) is 24.0 Å². The van der Waals surface area contributed by atoms with E-state index in [1.807, 2.05) is 0 Å². The summed E-state index contributed by atoms with van der Waals surface area (Å²) in [5.74, 6) is -0.0371. The highest BCUT2D eigenvalue weighted by Crippen LogP contribution is 2.26. The second kappa shape index (κ2) is 6.67. The van der Waals surface area contributed by atoms with Gasteiger partial charge in [0.25, 0.3) is 5.69 Å². The number of likely N-dealkylation sites (tertiary alicyclic amines) is 1. The molecule has 1 N–H and O–H groups in total. The number of nitro benzene ring substituents is 1. The molecule has 1 heterocycles. The van der Waals surface area contributed by atoms with E-state index in [1.165, 1.54) is 12.1 Å². The SMILES string of the molecule is CC(C(=O)N1CCC(CCO)C1)c1cccc([N+](=O)[O-])c1. The molecule has 0 radical (unpaired) electrons. The van der Waals surface area contributed by atoms with E-state index in [2.05, 4.69) is 0 Å². The van der Waals surface area contributed by atoms with Crippen molar-refractivity contribution in [1.29, 1.82) is 0 Å². The van der Waals surface area contributed by atoms with Crippen LogP contribution in [0, 0.1) is 16.0 Å². The molecule has 0 aromatic heterocycles. The summed E-state index contributed by atoms with van der Waals surface area (Å²) in [7, 11) is 0. The first-order valence-electron chi connectivity index (χ1n) is 7.17. The average Bonchev–Trinajstić information content (AvgIpc) is 2.95. The number of rotatable bonds is 5. The van der Waals surface area contributed by atoms with E-state index in [4.69, 9.17) is 5.11 Å². The van der Waals surface area contributed by atoms with Crippen molar-refractivity contribution in [2.45, 2.75) is 25.7 Å². The monoisotopic (exact) mass is 292 g/mol. The Hall–Kier alpha value is -1.95. The number of amides is 1. The molecule has 6 heteroatoms. The van der Waals surface area contributed by atoms with Gasteiger partial charge in [0.1, 0.15) is 0 Å². The van der Waals surface area contributed by atoms with Gasteiger partial charge in [0, 0.05) is 31.8 Å². The minimum absolute atomic E-state index is 0.00376. The van der Waals surface area contributed by atoms with E-state index in [-0.39, 0.29) is 18.2 Å². The Balaban J connectivity index is 2.06. The van der Waals surface area contributed by atoms with Crippen LogP contribution in [-0.4, -0.2) is 40.5 Å². The summed E-state index contributed by atoms with van der Waals surface area (Å²) in [5, 5.41) is 19.8. The maximum absolute atomic E-state index is 12.5. The molecule has 0 saturated carbocycles. The van der Waals surface area contributed by atoms with Gasteiger partial charge < -0.3 is 10.0 Å². The molecular weight excluding hydrogens is 272 g/mol. The molecular formula is C15H20N2O4. The first kappa shape index (κ1) is 15.4.